The molecular weight excluding hydrogens is 441 g/mol. The predicted molar refractivity (Wildman–Crippen MR) is 112 cm³/mol. The normalized spacial score (nSPS) is 21.6. The average molecular weight is 470 g/mol. The lowest BCUT2D eigenvalue weighted by Gasteiger charge is -2.50. The number of carboxylic acid groups (broad SMARTS) is 1. The molecule has 33 heavy (non-hydrogen) atoms. The van der Waals surface area contributed by atoms with Crippen molar-refractivity contribution in [3.63, 3.8) is 0 Å². The van der Waals surface area contributed by atoms with Crippen molar-refractivity contribution in [2.24, 2.45) is 5.92 Å². The monoisotopic (exact) mass is 470 g/mol. The molecule has 1 aliphatic carbocycles. The van der Waals surface area contributed by atoms with Gasteiger partial charge in [-0.1, -0.05) is 17.7 Å². The highest BCUT2D eigenvalue weighted by atomic mass is 19.4. The number of rotatable bonds is 6. The van der Waals surface area contributed by atoms with Crippen LogP contribution in [0.5, 0.6) is 0 Å². The van der Waals surface area contributed by atoms with Crippen LogP contribution >= 0.6 is 0 Å². The van der Waals surface area contributed by atoms with E-state index in [9.17, 15) is 18.0 Å². The zero-order chi connectivity index (χ0) is 23.9. The van der Waals surface area contributed by atoms with Gasteiger partial charge in [-0.15, -0.1) is 0 Å². The second-order valence-electron chi connectivity index (χ2n) is 8.57. The number of aliphatic carboxylic acids is 1. The fraction of sp³-hybridized carbons (Fsp3) is 0.609. The first-order valence-corrected chi connectivity index (χ1v) is 11.1. The van der Waals surface area contributed by atoms with Crippen molar-refractivity contribution < 1.29 is 37.3 Å². The highest BCUT2D eigenvalue weighted by molar-refractivity contribution is 5.80. The zero-order valence-electron chi connectivity index (χ0n) is 18.4. The van der Waals surface area contributed by atoms with Gasteiger partial charge in [0, 0.05) is 25.1 Å². The maximum atomic E-state index is 12.5. The molecule has 7 nitrogen and oxygen atoms in total. The fourth-order valence-corrected chi connectivity index (χ4v) is 4.31. The lowest BCUT2D eigenvalue weighted by molar-refractivity contribution is -0.192. The van der Waals surface area contributed by atoms with E-state index >= 15 is 0 Å². The number of hydrogen-bond acceptors (Lipinski definition) is 5. The van der Waals surface area contributed by atoms with Gasteiger partial charge < -0.3 is 19.5 Å². The largest absolute Gasteiger partial charge is 0.490 e. The van der Waals surface area contributed by atoms with E-state index in [-0.39, 0.29) is 11.5 Å². The Kier molecular flexibility index (Phi) is 8.47. The molecule has 1 amide bonds. The first-order chi connectivity index (χ1) is 15.7. The molecule has 2 aliphatic heterocycles. The van der Waals surface area contributed by atoms with Crippen LogP contribution in [0.15, 0.2) is 36.0 Å². The fourth-order valence-electron chi connectivity index (χ4n) is 4.31. The van der Waals surface area contributed by atoms with E-state index in [1.807, 2.05) is 23.1 Å². The SMILES string of the molecule is O=C(CC1=CCCCC1)N1CC2(C1)OCCC2COCc1ccccn1.O=C(O)C(F)(F)F. The molecule has 1 N–H and O–H groups in total. The molecule has 0 aromatic carbocycles. The Morgan fingerprint density at radius 2 is 2.03 bits per heavy atom. The minimum Gasteiger partial charge on any atom is -0.475 e. The summed E-state index contributed by atoms with van der Waals surface area (Å²) in [5, 5.41) is 7.12. The summed E-state index contributed by atoms with van der Waals surface area (Å²) >= 11 is 0. The van der Waals surface area contributed by atoms with Crippen LogP contribution in [-0.4, -0.2) is 64.9 Å². The number of carbonyl (C=O) groups excluding carboxylic acids is 1. The Bertz CT molecular complexity index is 838. The van der Waals surface area contributed by atoms with Crippen molar-refractivity contribution in [3.8, 4) is 0 Å². The summed E-state index contributed by atoms with van der Waals surface area (Å²) in [6.45, 7) is 3.41. The van der Waals surface area contributed by atoms with Crippen LogP contribution in [0, 0.1) is 5.92 Å². The van der Waals surface area contributed by atoms with E-state index in [2.05, 4.69) is 11.1 Å². The lowest BCUT2D eigenvalue weighted by atomic mass is 9.81. The number of alkyl halides is 3. The highest BCUT2D eigenvalue weighted by Gasteiger charge is 2.54. The summed E-state index contributed by atoms with van der Waals surface area (Å²) in [4.78, 5) is 27.7. The van der Waals surface area contributed by atoms with Crippen molar-refractivity contribution in [3.05, 3.63) is 41.7 Å². The maximum absolute atomic E-state index is 12.5. The number of hydrogen-bond donors (Lipinski definition) is 1. The van der Waals surface area contributed by atoms with Crippen molar-refractivity contribution in [1.82, 2.24) is 9.88 Å². The van der Waals surface area contributed by atoms with Crippen molar-refractivity contribution in [2.45, 2.75) is 56.9 Å². The molecule has 2 saturated heterocycles. The number of nitrogens with zero attached hydrogens (tertiary/aromatic N) is 2. The van der Waals surface area contributed by atoms with Gasteiger partial charge in [0.15, 0.2) is 0 Å². The molecule has 0 bridgehead atoms. The van der Waals surface area contributed by atoms with Crippen LogP contribution < -0.4 is 0 Å². The molecular formula is C23H29F3N2O5. The average Bonchev–Trinajstić information content (AvgIpc) is 3.18. The molecule has 1 aromatic rings. The summed E-state index contributed by atoms with van der Waals surface area (Å²) in [7, 11) is 0. The molecule has 1 aromatic heterocycles. The molecule has 1 spiro atoms. The van der Waals surface area contributed by atoms with Crippen molar-refractivity contribution in [1.29, 1.82) is 0 Å². The van der Waals surface area contributed by atoms with E-state index in [1.165, 1.54) is 18.4 Å². The third-order valence-corrected chi connectivity index (χ3v) is 6.17. The predicted octanol–water partition coefficient (Wildman–Crippen LogP) is 3.74. The molecule has 1 atom stereocenters. The number of allylic oxidation sites excluding steroid dienone is 1. The van der Waals surface area contributed by atoms with Gasteiger partial charge in [0.25, 0.3) is 0 Å². The third kappa shape index (κ3) is 7.01. The number of halogens is 3. The second kappa shape index (κ2) is 11.1. The van der Waals surface area contributed by atoms with Gasteiger partial charge in [-0.2, -0.15) is 13.2 Å². The van der Waals surface area contributed by atoms with Gasteiger partial charge in [0.1, 0.15) is 5.60 Å². The smallest absolute Gasteiger partial charge is 0.475 e. The minimum absolute atomic E-state index is 0.180. The van der Waals surface area contributed by atoms with Gasteiger partial charge in [-0.25, -0.2) is 4.79 Å². The quantitative estimate of drug-likeness (QED) is 0.638. The molecule has 0 saturated carbocycles. The molecule has 182 valence electrons. The molecule has 4 rings (SSSR count). The zero-order valence-corrected chi connectivity index (χ0v) is 18.4. The summed E-state index contributed by atoms with van der Waals surface area (Å²) in [5.41, 5.74) is 2.09. The van der Waals surface area contributed by atoms with Crippen molar-refractivity contribution >= 4 is 11.9 Å². The number of ether oxygens (including phenoxy) is 2. The molecule has 1 unspecified atom stereocenters. The van der Waals surface area contributed by atoms with Crippen molar-refractivity contribution in [2.75, 3.05) is 26.3 Å². The van der Waals surface area contributed by atoms with Crippen LogP contribution in [-0.2, 0) is 25.7 Å². The summed E-state index contributed by atoms with van der Waals surface area (Å²) in [6.07, 6.45) is 5.27. The van der Waals surface area contributed by atoms with E-state index in [1.54, 1.807) is 6.20 Å². The Morgan fingerprint density at radius 1 is 1.27 bits per heavy atom. The van der Waals surface area contributed by atoms with Gasteiger partial charge in [-0.05, 0) is 44.2 Å². The number of aromatic nitrogens is 1. The van der Waals surface area contributed by atoms with Crippen LogP contribution in [0.25, 0.3) is 0 Å². The number of likely N-dealkylation sites (tertiary alicyclic amines) is 1. The number of pyridine rings is 1. The lowest BCUT2D eigenvalue weighted by Crippen LogP contribution is -2.66. The van der Waals surface area contributed by atoms with Gasteiger partial charge >= 0.3 is 12.1 Å². The Morgan fingerprint density at radius 3 is 2.64 bits per heavy atom. The Hall–Kier alpha value is -2.46. The molecule has 2 fully saturated rings. The van der Waals surface area contributed by atoms with E-state index in [4.69, 9.17) is 19.4 Å². The first kappa shape index (κ1) is 25.2. The van der Waals surface area contributed by atoms with E-state index in [0.29, 0.717) is 25.6 Å². The van der Waals surface area contributed by atoms with Gasteiger partial charge in [0.05, 0.1) is 32.0 Å². The van der Waals surface area contributed by atoms with Crippen LogP contribution in [0.3, 0.4) is 0 Å². The van der Waals surface area contributed by atoms with Gasteiger partial charge in [-0.3, -0.25) is 9.78 Å². The second-order valence-corrected chi connectivity index (χ2v) is 8.57. The van der Waals surface area contributed by atoms with Crippen LogP contribution in [0.2, 0.25) is 0 Å². The van der Waals surface area contributed by atoms with E-state index in [0.717, 1.165) is 44.7 Å². The Balaban J connectivity index is 0.000000383. The molecule has 10 heteroatoms. The third-order valence-electron chi connectivity index (χ3n) is 6.17. The molecule has 3 aliphatic rings. The maximum Gasteiger partial charge on any atom is 0.490 e. The molecule has 3 heterocycles. The van der Waals surface area contributed by atoms with Crippen LogP contribution in [0.4, 0.5) is 13.2 Å². The first-order valence-electron chi connectivity index (χ1n) is 11.1. The number of carbonyl (C=O) groups is 2. The summed E-state index contributed by atoms with van der Waals surface area (Å²) < 4.78 is 43.7. The summed E-state index contributed by atoms with van der Waals surface area (Å²) in [5.74, 6) is -2.14. The standard InChI is InChI=1S/C21H28N2O3.C2HF3O2/c24-20(12-17-6-2-1-3-7-17)23-15-21(16-23)18(9-11-26-21)13-25-14-19-8-4-5-10-22-19;3-2(4,5)1(6)7/h4-6,8,10,18H,1-3,7,9,11-16H2;(H,6,7). The summed E-state index contributed by atoms with van der Waals surface area (Å²) in [6, 6.07) is 5.86. The topological polar surface area (TPSA) is 89.0 Å². The van der Waals surface area contributed by atoms with Gasteiger partial charge in [0.2, 0.25) is 5.91 Å². The molecule has 0 radical (unpaired) electrons. The highest BCUT2D eigenvalue weighted by Crippen LogP contribution is 2.40. The van der Waals surface area contributed by atoms with E-state index < -0.39 is 12.1 Å². The minimum atomic E-state index is -5.08. The Labute approximate surface area is 190 Å². The number of amides is 1. The van der Waals surface area contributed by atoms with Crippen LogP contribution in [0.1, 0.15) is 44.2 Å². The number of carboxylic acids is 1.